The van der Waals surface area contributed by atoms with Gasteiger partial charge in [0.25, 0.3) is 11.8 Å². The van der Waals surface area contributed by atoms with E-state index in [-0.39, 0.29) is 48.9 Å². The lowest BCUT2D eigenvalue weighted by Gasteiger charge is -2.18. The van der Waals surface area contributed by atoms with Crippen LogP contribution in [0.3, 0.4) is 0 Å². The fourth-order valence-electron chi connectivity index (χ4n) is 4.33. The summed E-state index contributed by atoms with van der Waals surface area (Å²) in [5, 5.41) is 11.8. The molecule has 0 unspecified atom stereocenters. The van der Waals surface area contributed by atoms with Crippen LogP contribution in [0.1, 0.15) is 37.8 Å². The Bertz CT molecular complexity index is 1960. The smallest absolute Gasteiger partial charge is 0.349 e. The number of rotatable bonds is 6. The second-order valence-electron chi connectivity index (χ2n) is 10.0. The number of amides is 3. The molecule has 0 atom stereocenters. The summed E-state index contributed by atoms with van der Waals surface area (Å²) >= 11 is 5.44. The minimum Gasteiger partial charge on any atom is -0.349 e. The average molecular weight is 691 g/mol. The number of hydrogen-bond acceptors (Lipinski definition) is 6. The monoisotopic (exact) mass is 690 g/mol. The Kier molecular flexibility index (Phi) is 9.79. The number of anilines is 1. The summed E-state index contributed by atoms with van der Waals surface area (Å²) in [7, 11) is 0. The van der Waals surface area contributed by atoms with Crippen molar-refractivity contribution in [2.45, 2.75) is 25.8 Å². The van der Waals surface area contributed by atoms with Gasteiger partial charge < -0.3 is 20.5 Å². The number of hydrogen-bond donors (Lipinski definition) is 3. The minimum absolute atomic E-state index is 0.0147. The summed E-state index contributed by atoms with van der Waals surface area (Å²) in [6.07, 6.45) is -1.28. The van der Waals surface area contributed by atoms with E-state index in [4.69, 9.17) is 11.6 Å². The number of carbonyl (C=O) groups is 3. The SMILES string of the molecule is Fc1ccc(Cl)cc1.O=C1Cn2c(C(=O)NCc3ccc(-n4cc(F)cn4)nc3)nc(NC(=O)c3cc(F)cc(C(F)(F)F)c3)c2CN1. The number of benzene rings is 2. The largest absolute Gasteiger partial charge is 0.416 e. The average Bonchev–Trinajstić information content (AvgIpc) is 3.64. The number of aromatic nitrogens is 5. The Morgan fingerprint density at radius 3 is 2.31 bits per heavy atom. The quantitative estimate of drug-likeness (QED) is 0.214. The van der Waals surface area contributed by atoms with E-state index in [0.717, 1.165) is 12.4 Å². The van der Waals surface area contributed by atoms with Crippen molar-refractivity contribution in [3.05, 3.63) is 124 Å². The Labute approximate surface area is 271 Å². The molecule has 0 saturated carbocycles. The molecular weight excluding hydrogens is 670 g/mol. The Morgan fingerprint density at radius 2 is 1.69 bits per heavy atom. The van der Waals surface area contributed by atoms with Gasteiger partial charge in [0.1, 0.15) is 18.2 Å². The first-order valence-electron chi connectivity index (χ1n) is 13.7. The van der Waals surface area contributed by atoms with Crippen molar-refractivity contribution < 1.29 is 40.7 Å². The predicted molar refractivity (Wildman–Crippen MR) is 157 cm³/mol. The maximum absolute atomic E-state index is 13.8. The molecular formula is C30H21ClF6N8O3. The topological polar surface area (TPSA) is 136 Å². The number of nitrogens with one attached hydrogen (secondary N) is 3. The summed E-state index contributed by atoms with van der Waals surface area (Å²) in [5.41, 5.74) is -1.19. The van der Waals surface area contributed by atoms with E-state index in [1.165, 1.54) is 39.7 Å². The van der Waals surface area contributed by atoms with E-state index in [0.29, 0.717) is 28.5 Å². The number of pyridine rings is 1. The van der Waals surface area contributed by atoms with Gasteiger partial charge in [-0.2, -0.15) is 18.3 Å². The van der Waals surface area contributed by atoms with Gasteiger partial charge in [-0.15, -0.1) is 0 Å². The number of imidazole rings is 1. The third-order valence-electron chi connectivity index (χ3n) is 6.60. The van der Waals surface area contributed by atoms with Gasteiger partial charge in [-0.3, -0.25) is 14.4 Å². The number of fused-ring (bicyclic) bond motifs is 1. The maximum Gasteiger partial charge on any atom is 0.416 e. The minimum atomic E-state index is -4.88. The molecule has 18 heteroatoms. The zero-order valence-corrected chi connectivity index (χ0v) is 24.9. The van der Waals surface area contributed by atoms with Gasteiger partial charge in [0.2, 0.25) is 11.7 Å². The van der Waals surface area contributed by atoms with Crippen LogP contribution in [-0.4, -0.2) is 42.0 Å². The van der Waals surface area contributed by atoms with Crippen LogP contribution in [0.15, 0.2) is 73.2 Å². The lowest BCUT2D eigenvalue weighted by Crippen LogP contribution is -2.37. The molecule has 2 aromatic carbocycles. The number of carbonyl (C=O) groups excluding carboxylic acids is 3. The third-order valence-corrected chi connectivity index (χ3v) is 6.85. The van der Waals surface area contributed by atoms with Crippen molar-refractivity contribution in [1.29, 1.82) is 0 Å². The first kappa shape index (κ1) is 33.6. The fourth-order valence-corrected chi connectivity index (χ4v) is 4.46. The third kappa shape index (κ3) is 8.16. The van der Waals surface area contributed by atoms with Crippen molar-refractivity contribution in [2.24, 2.45) is 0 Å². The molecule has 11 nitrogen and oxygen atoms in total. The van der Waals surface area contributed by atoms with Crippen LogP contribution in [-0.2, 0) is 30.6 Å². The molecule has 0 fully saturated rings. The van der Waals surface area contributed by atoms with Crippen molar-refractivity contribution in [1.82, 2.24) is 34.9 Å². The molecule has 0 radical (unpaired) electrons. The summed E-state index contributed by atoms with van der Waals surface area (Å²) < 4.78 is 80.7. The van der Waals surface area contributed by atoms with E-state index in [9.17, 15) is 40.7 Å². The van der Waals surface area contributed by atoms with E-state index in [2.05, 4.69) is 31.0 Å². The number of nitrogens with zero attached hydrogens (tertiary/aromatic N) is 5. The highest BCUT2D eigenvalue weighted by Crippen LogP contribution is 2.31. The molecule has 5 aromatic rings. The zero-order valence-electron chi connectivity index (χ0n) is 24.2. The van der Waals surface area contributed by atoms with Gasteiger partial charge in [-0.1, -0.05) is 17.7 Å². The first-order valence-corrected chi connectivity index (χ1v) is 14.0. The highest BCUT2D eigenvalue weighted by Gasteiger charge is 2.33. The lowest BCUT2D eigenvalue weighted by molar-refractivity contribution is -0.137. The molecule has 48 heavy (non-hydrogen) atoms. The van der Waals surface area contributed by atoms with Crippen LogP contribution < -0.4 is 16.0 Å². The van der Waals surface area contributed by atoms with Gasteiger partial charge in [-0.05, 0) is 54.1 Å². The van der Waals surface area contributed by atoms with Gasteiger partial charge in [-0.25, -0.2) is 27.8 Å². The van der Waals surface area contributed by atoms with E-state index in [1.807, 2.05) is 0 Å². The fraction of sp³-hybridized carbons (Fsp3) is 0.133. The zero-order chi connectivity index (χ0) is 34.6. The van der Waals surface area contributed by atoms with Crippen molar-refractivity contribution in [3.8, 4) is 5.82 Å². The molecule has 0 aliphatic carbocycles. The molecule has 0 spiro atoms. The number of halogens is 7. The predicted octanol–water partition coefficient (Wildman–Crippen LogP) is 5.05. The van der Waals surface area contributed by atoms with Gasteiger partial charge >= 0.3 is 6.18 Å². The molecule has 3 amide bonds. The van der Waals surface area contributed by atoms with Gasteiger partial charge in [0, 0.05) is 23.3 Å². The molecule has 1 aliphatic heterocycles. The van der Waals surface area contributed by atoms with E-state index < -0.39 is 46.7 Å². The normalized spacial score (nSPS) is 12.4. The van der Waals surface area contributed by atoms with Crippen molar-refractivity contribution in [3.63, 3.8) is 0 Å². The standard InChI is InChI=1S/C24H17F5N8O3.C6H4ClF/c25-15-4-13(3-14(5-15)24(27,28)29)22(39)35-20-17-9-31-19(38)11-36(17)21(34-20)23(40)32-7-12-1-2-18(30-6-12)37-10-16(26)8-33-37;7-5-1-3-6(8)4-2-5/h1-6,8,10H,7,9,11H2,(H,31,38)(H,32,40)(H,35,39);1-4H. The number of alkyl halides is 3. The molecule has 0 saturated heterocycles. The summed E-state index contributed by atoms with van der Waals surface area (Å²) in [4.78, 5) is 45.9. The highest BCUT2D eigenvalue weighted by molar-refractivity contribution is 6.30. The Morgan fingerprint density at radius 1 is 0.938 bits per heavy atom. The van der Waals surface area contributed by atoms with Crippen LogP contribution in [0.4, 0.5) is 32.2 Å². The van der Waals surface area contributed by atoms with Gasteiger partial charge in [0.05, 0.1) is 30.2 Å². The summed E-state index contributed by atoms with van der Waals surface area (Å²) in [6.45, 7) is -0.458. The molecule has 6 rings (SSSR count). The van der Waals surface area contributed by atoms with E-state index >= 15 is 0 Å². The lowest BCUT2D eigenvalue weighted by atomic mass is 10.1. The maximum atomic E-state index is 13.8. The molecule has 4 heterocycles. The molecule has 0 bridgehead atoms. The van der Waals surface area contributed by atoms with Crippen LogP contribution in [0, 0.1) is 17.5 Å². The Balaban J connectivity index is 0.000000494. The second kappa shape index (κ2) is 14.0. The first-order chi connectivity index (χ1) is 22.8. The summed E-state index contributed by atoms with van der Waals surface area (Å²) in [6, 6.07) is 10.2. The van der Waals surface area contributed by atoms with Crippen LogP contribution in [0.25, 0.3) is 5.82 Å². The van der Waals surface area contributed by atoms with Crippen molar-refractivity contribution >= 4 is 35.1 Å². The molecule has 248 valence electrons. The second-order valence-corrected chi connectivity index (χ2v) is 10.5. The van der Waals surface area contributed by atoms with Crippen LogP contribution in [0.5, 0.6) is 0 Å². The molecule has 3 aromatic heterocycles. The molecule has 3 N–H and O–H groups in total. The van der Waals surface area contributed by atoms with Crippen LogP contribution in [0.2, 0.25) is 5.02 Å². The highest BCUT2D eigenvalue weighted by atomic mass is 35.5. The van der Waals surface area contributed by atoms with Gasteiger partial charge in [0.15, 0.2) is 17.5 Å². The summed E-state index contributed by atoms with van der Waals surface area (Å²) in [5.74, 6) is -4.41. The van der Waals surface area contributed by atoms with Crippen molar-refractivity contribution in [2.75, 3.05) is 5.32 Å². The molecule has 1 aliphatic rings. The Hall–Kier alpha value is -5.71. The van der Waals surface area contributed by atoms with Crippen LogP contribution >= 0.6 is 11.6 Å². The van der Waals surface area contributed by atoms with E-state index in [1.54, 1.807) is 12.1 Å².